The highest BCUT2D eigenvalue weighted by Crippen LogP contribution is 2.29. The summed E-state index contributed by atoms with van der Waals surface area (Å²) in [6, 6.07) is 6.99. The van der Waals surface area contributed by atoms with E-state index in [1.165, 1.54) is 0 Å². The highest BCUT2D eigenvalue weighted by atomic mass is 35.5. The zero-order chi connectivity index (χ0) is 10.8. The Bertz CT molecular complexity index is 450. The third-order valence-corrected chi connectivity index (χ3v) is 2.74. The highest BCUT2D eigenvalue weighted by molar-refractivity contribution is 6.34. The van der Waals surface area contributed by atoms with Crippen LogP contribution in [0, 0.1) is 11.3 Å². The molecule has 0 radical (unpaired) electrons. The average molecular weight is 221 g/mol. The van der Waals surface area contributed by atoms with Gasteiger partial charge in [-0.25, -0.2) is 0 Å². The molecule has 1 aromatic carbocycles. The minimum atomic E-state index is 0.0987. The molecule has 1 amide bonds. The number of carbonyl (C=O) groups is 1. The predicted molar refractivity (Wildman–Crippen MR) is 57.8 cm³/mol. The van der Waals surface area contributed by atoms with Gasteiger partial charge in [0.05, 0.1) is 22.3 Å². The van der Waals surface area contributed by atoms with Crippen molar-refractivity contribution in [3.8, 4) is 6.07 Å². The third-order valence-electron chi connectivity index (χ3n) is 2.44. The molecule has 0 aliphatic carbocycles. The lowest BCUT2D eigenvalue weighted by Gasteiger charge is -2.16. The van der Waals surface area contributed by atoms with E-state index in [4.69, 9.17) is 16.9 Å². The second-order valence-corrected chi connectivity index (χ2v) is 3.83. The van der Waals surface area contributed by atoms with Gasteiger partial charge in [-0.3, -0.25) is 4.79 Å². The third kappa shape index (κ3) is 1.81. The van der Waals surface area contributed by atoms with E-state index in [0.29, 0.717) is 29.2 Å². The van der Waals surface area contributed by atoms with E-state index in [-0.39, 0.29) is 5.91 Å². The molecule has 0 spiro atoms. The standard InChI is InChI=1S/C11H9ClN2O/c12-9-6-8(7-13)3-4-10(9)14-5-1-2-11(14)15/h3-4,6H,1-2,5H2. The first-order chi connectivity index (χ1) is 7.22. The maximum atomic E-state index is 11.5. The molecular formula is C11H9ClN2O. The van der Waals surface area contributed by atoms with Crippen molar-refractivity contribution >= 4 is 23.2 Å². The molecule has 76 valence electrons. The zero-order valence-corrected chi connectivity index (χ0v) is 8.79. The molecule has 1 saturated heterocycles. The van der Waals surface area contributed by atoms with Crippen LogP contribution in [0.4, 0.5) is 5.69 Å². The van der Waals surface area contributed by atoms with Gasteiger partial charge < -0.3 is 4.90 Å². The Hall–Kier alpha value is -1.53. The van der Waals surface area contributed by atoms with Crippen molar-refractivity contribution in [2.24, 2.45) is 0 Å². The maximum absolute atomic E-state index is 11.5. The van der Waals surface area contributed by atoms with Gasteiger partial charge in [0.25, 0.3) is 0 Å². The van der Waals surface area contributed by atoms with Crippen LogP contribution in [0.1, 0.15) is 18.4 Å². The molecule has 4 heteroatoms. The molecule has 0 atom stereocenters. The Kier molecular flexibility index (Phi) is 2.61. The van der Waals surface area contributed by atoms with Gasteiger partial charge in [0.1, 0.15) is 0 Å². The van der Waals surface area contributed by atoms with Crippen molar-refractivity contribution < 1.29 is 4.79 Å². The molecule has 0 N–H and O–H groups in total. The van der Waals surface area contributed by atoms with Crippen LogP contribution in [0.5, 0.6) is 0 Å². The number of hydrogen-bond acceptors (Lipinski definition) is 2. The molecule has 1 aromatic rings. The number of nitriles is 1. The van der Waals surface area contributed by atoms with E-state index in [2.05, 4.69) is 0 Å². The summed E-state index contributed by atoms with van der Waals surface area (Å²) in [6.07, 6.45) is 1.45. The Morgan fingerprint density at radius 2 is 2.27 bits per heavy atom. The summed E-state index contributed by atoms with van der Waals surface area (Å²) in [5.41, 5.74) is 1.22. The average Bonchev–Trinajstić information content (AvgIpc) is 2.64. The summed E-state index contributed by atoms with van der Waals surface area (Å²) < 4.78 is 0. The van der Waals surface area contributed by atoms with E-state index in [1.54, 1.807) is 23.1 Å². The van der Waals surface area contributed by atoms with Crippen LogP contribution < -0.4 is 4.90 Å². The number of amides is 1. The maximum Gasteiger partial charge on any atom is 0.227 e. The molecule has 2 rings (SSSR count). The molecule has 1 aliphatic rings. The number of carbonyl (C=O) groups excluding carboxylic acids is 1. The fourth-order valence-corrected chi connectivity index (χ4v) is 1.98. The Balaban J connectivity index is 2.37. The zero-order valence-electron chi connectivity index (χ0n) is 8.03. The predicted octanol–water partition coefficient (Wildman–Crippen LogP) is 2.34. The first kappa shape index (κ1) is 10.0. The van der Waals surface area contributed by atoms with E-state index in [1.807, 2.05) is 6.07 Å². The summed E-state index contributed by atoms with van der Waals surface area (Å²) in [7, 11) is 0. The molecule has 3 nitrogen and oxygen atoms in total. The SMILES string of the molecule is N#Cc1ccc(N2CCCC2=O)c(Cl)c1. The van der Waals surface area contributed by atoms with Gasteiger partial charge in [0.2, 0.25) is 5.91 Å². The van der Waals surface area contributed by atoms with Gasteiger partial charge in [-0.2, -0.15) is 5.26 Å². The van der Waals surface area contributed by atoms with Gasteiger partial charge in [0, 0.05) is 13.0 Å². The quantitative estimate of drug-likeness (QED) is 0.729. The lowest BCUT2D eigenvalue weighted by Crippen LogP contribution is -2.23. The van der Waals surface area contributed by atoms with Crippen LogP contribution in [-0.2, 0) is 4.79 Å². The van der Waals surface area contributed by atoms with Crippen LogP contribution in [-0.4, -0.2) is 12.5 Å². The normalized spacial score (nSPS) is 15.5. The monoisotopic (exact) mass is 220 g/mol. The second kappa shape index (κ2) is 3.92. The molecule has 1 heterocycles. The van der Waals surface area contributed by atoms with Gasteiger partial charge in [-0.05, 0) is 24.6 Å². The first-order valence-corrected chi connectivity index (χ1v) is 5.10. The topological polar surface area (TPSA) is 44.1 Å². The molecule has 0 aromatic heterocycles. The Morgan fingerprint density at radius 1 is 1.47 bits per heavy atom. The largest absolute Gasteiger partial charge is 0.311 e. The van der Waals surface area contributed by atoms with Crippen LogP contribution in [0.2, 0.25) is 5.02 Å². The summed E-state index contributed by atoms with van der Waals surface area (Å²) >= 11 is 6.01. The number of halogens is 1. The van der Waals surface area contributed by atoms with Gasteiger partial charge in [0.15, 0.2) is 0 Å². The molecule has 0 bridgehead atoms. The van der Waals surface area contributed by atoms with Crippen LogP contribution in [0.3, 0.4) is 0 Å². The molecule has 1 aliphatic heterocycles. The second-order valence-electron chi connectivity index (χ2n) is 3.43. The van der Waals surface area contributed by atoms with Crippen molar-refractivity contribution in [1.82, 2.24) is 0 Å². The van der Waals surface area contributed by atoms with Crippen LogP contribution in [0.15, 0.2) is 18.2 Å². The number of rotatable bonds is 1. The van der Waals surface area contributed by atoms with Crippen LogP contribution >= 0.6 is 11.6 Å². The number of hydrogen-bond donors (Lipinski definition) is 0. The van der Waals surface area contributed by atoms with Crippen molar-refractivity contribution in [3.63, 3.8) is 0 Å². The summed E-state index contributed by atoms with van der Waals surface area (Å²) in [6.45, 7) is 0.713. The molecule has 1 fully saturated rings. The summed E-state index contributed by atoms with van der Waals surface area (Å²) in [5, 5.41) is 9.14. The summed E-state index contributed by atoms with van der Waals surface area (Å²) in [4.78, 5) is 13.2. The smallest absolute Gasteiger partial charge is 0.227 e. The van der Waals surface area contributed by atoms with Gasteiger partial charge in [-0.15, -0.1) is 0 Å². The fourth-order valence-electron chi connectivity index (χ4n) is 1.70. The summed E-state index contributed by atoms with van der Waals surface area (Å²) in [5.74, 6) is 0.0987. The molecular weight excluding hydrogens is 212 g/mol. The minimum Gasteiger partial charge on any atom is -0.311 e. The number of nitrogens with zero attached hydrogens (tertiary/aromatic N) is 2. The van der Waals surface area contributed by atoms with E-state index in [9.17, 15) is 4.79 Å². The molecule has 15 heavy (non-hydrogen) atoms. The lowest BCUT2D eigenvalue weighted by atomic mass is 10.2. The first-order valence-electron chi connectivity index (χ1n) is 4.72. The van der Waals surface area contributed by atoms with Crippen LogP contribution in [0.25, 0.3) is 0 Å². The van der Waals surface area contributed by atoms with Gasteiger partial charge in [-0.1, -0.05) is 11.6 Å². The molecule has 0 saturated carbocycles. The van der Waals surface area contributed by atoms with Crippen molar-refractivity contribution in [2.75, 3.05) is 11.4 Å². The fraction of sp³-hybridized carbons (Fsp3) is 0.273. The Morgan fingerprint density at radius 3 is 2.80 bits per heavy atom. The lowest BCUT2D eigenvalue weighted by molar-refractivity contribution is -0.117. The van der Waals surface area contributed by atoms with Crippen molar-refractivity contribution in [3.05, 3.63) is 28.8 Å². The van der Waals surface area contributed by atoms with Gasteiger partial charge >= 0.3 is 0 Å². The van der Waals surface area contributed by atoms with E-state index in [0.717, 1.165) is 6.42 Å². The minimum absolute atomic E-state index is 0.0987. The number of anilines is 1. The van der Waals surface area contributed by atoms with E-state index >= 15 is 0 Å². The highest BCUT2D eigenvalue weighted by Gasteiger charge is 2.23. The van der Waals surface area contributed by atoms with Crippen molar-refractivity contribution in [1.29, 1.82) is 5.26 Å². The Labute approximate surface area is 92.9 Å². The number of benzene rings is 1. The van der Waals surface area contributed by atoms with Crippen molar-refractivity contribution in [2.45, 2.75) is 12.8 Å². The molecule has 0 unspecified atom stereocenters. The van der Waals surface area contributed by atoms with E-state index < -0.39 is 0 Å².